The van der Waals surface area contributed by atoms with Crippen molar-refractivity contribution < 1.29 is 9.53 Å². The fraction of sp³-hybridized carbons (Fsp3) is 0.750. The molecule has 0 heterocycles. The third-order valence-corrected chi connectivity index (χ3v) is 1.45. The number of rotatable bonds is 3. The third kappa shape index (κ3) is 19.5. The standard InChI is InChI=1S/C8H14O2.C4H11N/c1-5-7(9)10-6-8(2,3)4;1-4-5(2)3/h5H,1,6H2,2-4H3;4H2,1-3H3. The van der Waals surface area contributed by atoms with Gasteiger partial charge in [-0.3, -0.25) is 0 Å². The highest BCUT2D eigenvalue weighted by atomic mass is 16.5. The fourth-order valence-corrected chi connectivity index (χ4v) is 0.347. The summed E-state index contributed by atoms with van der Waals surface area (Å²) in [7, 11) is 4.11. The molecule has 3 nitrogen and oxygen atoms in total. The molecule has 0 bridgehead atoms. The second-order valence-corrected chi connectivity index (χ2v) is 4.77. The molecule has 0 aliphatic carbocycles. The summed E-state index contributed by atoms with van der Waals surface area (Å²) in [5.74, 6) is -0.352. The van der Waals surface area contributed by atoms with Crippen LogP contribution < -0.4 is 0 Å². The Bertz CT molecular complexity index is 181. The van der Waals surface area contributed by atoms with Gasteiger partial charge in [0.05, 0.1) is 6.61 Å². The average Bonchev–Trinajstić information content (AvgIpc) is 2.14. The van der Waals surface area contributed by atoms with Crippen molar-refractivity contribution in [3.05, 3.63) is 12.7 Å². The van der Waals surface area contributed by atoms with Gasteiger partial charge in [0.2, 0.25) is 0 Å². The molecule has 0 unspecified atom stereocenters. The van der Waals surface area contributed by atoms with E-state index in [-0.39, 0.29) is 11.4 Å². The molecule has 0 aromatic carbocycles. The second-order valence-electron chi connectivity index (χ2n) is 4.77. The van der Waals surface area contributed by atoms with E-state index >= 15 is 0 Å². The van der Waals surface area contributed by atoms with Crippen molar-refractivity contribution in [1.29, 1.82) is 0 Å². The van der Waals surface area contributed by atoms with Crippen molar-refractivity contribution in [2.45, 2.75) is 27.7 Å². The molecule has 3 heteroatoms. The molecule has 0 aliphatic heterocycles. The second kappa shape index (κ2) is 8.48. The number of esters is 1. The maximum atomic E-state index is 10.5. The van der Waals surface area contributed by atoms with Crippen LogP contribution in [0.3, 0.4) is 0 Å². The highest BCUT2D eigenvalue weighted by molar-refractivity contribution is 5.81. The van der Waals surface area contributed by atoms with Crippen LogP contribution in [-0.4, -0.2) is 38.1 Å². The maximum absolute atomic E-state index is 10.5. The van der Waals surface area contributed by atoms with E-state index in [0.29, 0.717) is 6.61 Å². The zero-order chi connectivity index (χ0) is 12.5. The van der Waals surface area contributed by atoms with E-state index in [0.717, 1.165) is 6.54 Å². The highest BCUT2D eigenvalue weighted by Crippen LogP contribution is 2.12. The van der Waals surface area contributed by atoms with Crippen LogP contribution in [0.5, 0.6) is 0 Å². The summed E-state index contributed by atoms with van der Waals surface area (Å²) in [6, 6.07) is 0. The van der Waals surface area contributed by atoms with Crippen LogP contribution >= 0.6 is 0 Å². The van der Waals surface area contributed by atoms with Gasteiger partial charge < -0.3 is 9.64 Å². The van der Waals surface area contributed by atoms with E-state index in [1.165, 1.54) is 6.08 Å². The van der Waals surface area contributed by atoms with Crippen molar-refractivity contribution in [2.24, 2.45) is 5.41 Å². The summed E-state index contributed by atoms with van der Waals surface area (Å²) in [4.78, 5) is 12.6. The lowest BCUT2D eigenvalue weighted by Gasteiger charge is -2.16. The number of carbonyl (C=O) groups is 1. The SMILES string of the molecule is C=CC(=O)OCC(C)(C)C.CCN(C)C. The fourth-order valence-electron chi connectivity index (χ4n) is 0.347. The first kappa shape index (κ1) is 16.6. The zero-order valence-corrected chi connectivity index (χ0v) is 11.0. The van der Waals surface area contributed by atoms with Crippen LogP contribution in [0, 0.1) is 5.41 Å². The molecule has 0 rings (SSSR count). The molecule has 0 N–H and O–H groups in total. The molecule has 0 aromatic rings. The molecule has 0 atom stereocenters. The van der Waals surface area contributed by atoms with Gasteiger partial charge in [-0.25, -0.2) is 4.79 Å². The Morgan fingerprint density at radius 2 is 1.80 bits per heavy atom. The van der Waals surface area contributed by atoms with Gasteiger partial charge >= 0.3 is 5.97 Å². The number of nitrogens with zero attached hydrogens (tertiary/aromatic N) is 1. The largest absolute Gasteiger partial charge is 0.462 e. The van der Waals surface area contributed by atoms with E-state index in [1.807, 2.05) is 20.8 Å². The molecule has 90 valence electrons. The molecular formula is C12H25NO2. The summed E-state index contributed by atoms with van der Waals surface area (Å²) in [5.41, 5.74) is 0.0403. The Balaban J connectivity index is 0. The van der Waals surface area contributed by atoms with Crippen molar-refractivity contribution in [2.75, 3.05) is 27.2 Å². The lowest BCUT2D eigenvalue weighted by atomic mass is 9.99. The monoisotopic (exact) mass is 215 g/mol. The first-order valence-electron chi connectivity index (χ1n) is 5.17. The van der Waals surface area contributed by atoms with Crippen LogP contribution in [0.2, 0.25) is 0 Å². The Morgan fingerprint density at radius 3 is 2.00 bits per heavy atom. The lowest BCUT2D eigenvalue weighted by molar-refractivity contribution is -0.140. The Kier molecular flexibility index (Phi) is 9.38. The quantitative estimate of drug-likeness (QED) is 0.534. The topological polar surface area (TPSA) is 29.5 Å². The summed E-state index contributed by atoms with van der Waals surface area (Å²) >= 11 is 0. The van der Waals surface area contributed by atoms with E-state index < -0.39 is 0 Å². The van der Waals surface area contributed by atoms with Crippen molar-refractivity contribution in [1.82, 2.24) is 4.90 Å². The first-order valence-corrected chi connectivity index (χ1v) is 5.17. The Hall–Kier alpha value is -0.830. The molecule has 0 aromatic heterocycles. The molecule has 0 saturated heterocycles. The van der Waals surface area contributed by atoms with Crippen molar-refractivity contribution >= 4 is 5.97 Å². The van der Waals surface area contributed by atoms with Gasteiger partial charge in [-0.1, -0.05) is 34.3 Å². The molecule has 0 amide bonds. The molecule has 0 spiro atoms. The van der Waals surface area contributed by atoms with Crippen LogP contribution in [0.25, 0.3) is 0 Å². The van der Waals surface area contributed by atoms with Crippen LogP contribution in [0.15, 0.2) is 12.7 Å². The minimum Gasteiger partial charge on any atom is -0.462 e. The average molecular weight is 215 g/mol. The summed E-state index contributed by atoms with van der Waals surface area (Å²) < 4.78 is 4.80. The molecular weight excluding hydrogens is 190 g/mol. The van der Waals surface area contributed by atoms with Gasteiger partial charge in [0, 0.05) is 6.08 Å². The molecule has 15 heavy (non-hydrogen) atoms. The minimum atomic E-state index is -0.352. The van der Waals surface area contributed by atoms with Gasteiger partial charge in [-0.2, -0.15) is 0 Å². The van der Waals surface area contributed by atoms with E-state index in [9.17, 15) is 4.79 Å². The predicted molar refractivity (Wildman–Crippen MR) is 64.8 cm³/mol. The van der Waals surface area contributed by atoms with Crippen LogP contribution in [0.4, 0.5) is 0 Å². The van der Waals surface area contributed by atoms with E-state index in [2.05, 4.69) is 32.5 Å². The zero-order valence-electron chi connectivity index (χ0n) is 11.0. The third-order valence-electron chi connectivity index (χ3n) is 1.45. The lowest BCUT2D eigenvalue weighted by Crippen LogP contribution is -2.16. The molecule has 0 aliphatic rings. The first-order chi connectivity index (χ1) is 6.72. The van der Waals surface area contributed by atoms with Gasteiger partial charge in [-0.05, 0) is 26.1 Å². The van der Waals surface area contributed by atoms with Gasteiger partial charge in [0.15, 0.2) is 0 Å². The molecule has 0 radical (unpaired) electrons. The van der Waals surface area contributed by atoms with Crippen LogP contribution in [-0.2, 0) is 9.53 Å². The number of hydrogen-bond acceptors (Lipinski definition) is 3. The predicted octanol–water partition coefficient (Wildman–Crippen LogP) is 2.33. The number of carbonyl (C=O) groups excluding carboxylic acids is 1. The number of ether oxygens (including phenoxy) is 1. The van der Waals surface area contributed by atoms with Gasteiger partial charge in [0.1, 0.15) is 0 Å². The summed E-state index contributed by atoms with van der Waals surface area (Å²) in [6.07, 6.45) is 1.17. The van der Waals surface area contributed by atoms with Crippen LogP contribution in [0.1, 0.15) is 27.7 Å². The minimum absolute atomic E-state index is 0.0403. The van der Waals surface area contributed by atoms with E-state index in [4.69, 9.17) is 4.74 Å². The van der Waals surface area contributed by atoms with Gasteiger partial charge in [-0.15, -0.1) is 0 Å². The van der Waals surface area contributed by atoms with Crippen molar-refractivity contribution in [3.8, 4) is 0 Å². The Labute approximate surface area is 94.1 Å². The summed E-state index contributed by atoms with van der Waals surface area (Å²) in [6.45, 7) is 13.0. The Morgan fingerprint density at radius 1 is 1.40 bits per heavy atom. The summed E-state index contributed by atoms with van der Waals surface area (Å²) in [5, 5.41) is 0. The number of hydrogen-bond donors (Lipinski definition) is 0. The maximum Gasteiger partial charge on any atom is 0.330 e. The van der Waals surface area contributed by atoms with Crippen molar-refractivity contribution in [3.63, 3.8) is 0 Å². The van der Waals surface area contributed by atoms with Gasteiger partial charge in [0.25, 0.3) is 0 Å². The normalized spacial score (nSPS) is 10.3. The molecule has 0 fully saturated rings. The molecule has 0 saturated carbocycles. The smallest absolute Gasteiger partial charge is 0.330 e. The van der Waals surface area contributed by atoms with E-state index in [1.54, 1.807) is 0 Å². The highest BCUT2D eigenvalue weighted by Gasteiger charge is 2.11.